The van der Waals surface area contributed by atoms with Crippen LogP contribution in [0.3, 0.4) is 0 Å². The Morgan fingerprint density at radius 2 is 1.53 bits per heavy atom. The first kappa shape index (κ1) is 45.4. The van der Waals surface area contributed by atoms with Crippen LogP contribution < -0.4 is 20.1 Å². The number of ether oxygens (including phenoxy) is 3. The largest absolute Gasteiger partial charge is 0.494 e. The minimum Gasteiger partial charge on any atom is -0.494 e. The van der Waals surface area contributed by atoms with Gasteiger partial charge in [0, 0.05) is 49.7 Å². The van der Waals surface area contributed by atoms with Gasteiger partial charge in [-0.05, 0) is 91.4 Å². The third kappa shape index (κ3) is 12.6. The molecule has 3 aromatic rings. The number of esters is 2. The first-order valence-corrected chi connectivity index (χ1v) is 18.2. The molecule has 0 spiro atoms. The summed E-state index contributed by atoms with van der Waals surface area (Å²) in [5.41, 5.74) is 2.33. The van der Waals surface area contributed by atoms with E-state index in [1.807, 2.05) is 0 Å². The lowest BCUT2D eigenvalue weighted by Gasteiger charge is -2.20. The zero-order valence-corrected chi connectivity index (χ0v) is 31.7. The van der Waals surface area contributed by atoms with Gasteiger partial charge in [0.15, 0.2) is 0 Å². The standard InChI is InChI=1S/C41H41F5N2O11/c1-23(49)35-27(21-33(50)51)20-31(36(35)38(54)55)37(53)48-28-10-7-25(32(22-28)47-2)16-19-58-34(52)15-6-24-4-11-30(12-5-24)59-39(56)26-8-13-29(14-9-26)57-18-3-17-40(42,43)41(44,45)46/h4-15,22,27,31,35-36,47H,3,16-21H2,1-2H3,(H,48,53)(H,50,51)(H,54,55)/b15-6+. The molecule has 4 atom stereocenters. The second-order valence-electron chi connectivity index (χ2n) is 13.7. The van der Waals surface area contributed by atoms with Crippen LogP contribution in [0.25, 0.3) is 6.08 Å². The minimum absolute atomic E-state index is 0.00774. The lowest BCUT2D eigenvalue weighted by atomic mass is 9.83. The molecule has 4 rings (SSSR count). The molecule has 0 heterocycles. The number of benzene rings is 3. The van der Waals surface area contributed by atoms with Crippen molar-refractivity contribution in [3.63, 3.8) is 0 Å². The van der Waals surface area contributed by atoms with E-state index in [-0.39, 0.29) is 43.1 Å². The van der Waals surface area contributed by atoms with Crippen molar-refractivity contribution in [2.24, 2.45) is 23.7 Å². The van der Waals surface area contributed by atoms with E-state index in [0.717, 1.165) is 5.56 Å². The highest BCUT2D eigenvalue weighted by atomic mass is 19.4. The van der Waals surface area contributed by atoms with Gasteiger partial charge in [0.2, 0.25) is 5.91 Å². The number of hydrogen-bond donors (Lipinski definition) is 4. The summed E-state index contributed by atoms with van der Waals surface area (Å²) in [7, 11) is 1.64. The lowest BCUT2D eigenvalue weighted by molar-refractivity contribution is -0.284. The van der Waals surface area contributed by atoms with Crippen molar-refractivity contribution in [1.82, 2.24) is 0 Å². The van der Waals surface area contributed by atoms with Gasteiger partial charge in [-0.3, -0.25) is 19.2 Å². The second kappa shape index (κ2) is 19.9. The second-order valence-corrected chi connectivity index (χ2v) is 13.7. The maximum atomic E-state index is 13.2. The number of carbonyl (C=O) groups excluding carboxylic acids is 4. The molecular formula is C41H41F5N2O11. The molecule has 1 aliphatic carbocycles. The van der Waals surface area contributed by atoms with Crippen molar-refractivity contribution in [1.29, 1.82) is 0 Å². The number of nitrogens with one attached hydrogen (secondary N) is 2. The topological polar surface area (TPSA) is 195 Å². The van der Waals surface area contributed by atoms with Gasteiger partial charge in [0.05, 0.1) is 30.6 Å². The highest BCUT2D eigenvalue weighted by Crippen LogP contribution is 2.45. The molecule has 316 valence electrons. The minimum atomic E-state index is -5.63. The van der Waals surface area contributed by atoms with Crippen LogP contribution in [0, 0.1) is 23.7 Å². The Labute approximate surface area is 334 Å². The molecule has 4 unspecified atom stereocenters. The highest BCUT2D eigenvalue weighted by Gasteiger charge is 2.56. The fourth-order valence-corrected chi connectivity index (χ4v) is 6.72. The van der Waals surface area contributed by atoms with Gasteiger partial charge in [-0.25, -0.2) is 9.59 Å². The van der Waals surface area contributed by atoms with E-state index < -0.39 is 90.6 Å². The van der Waals surface area contributed by atoms with Crippen molar-refractivity contribution in [3.8, 4) is 11.5 Å². The molecule has 0 radical (unpaired) electrons. The van der Waals surface area contributed by atoms with Crippen molar-refractivity contribution in [3.05, 3.63) is 89.5 Å². The quantitative estimate of drug-likeness (QED) is 0.0316. The van der Waals surface area contributed by atoms with Crippen molar-refractivity contribution in [2.45, 2.75) is 51.1 Å². The number of carboxylic acid groups (broad SMARTS) is 2. The average Bonchev–Trinajstić information content (AvgIpc) is 3.56. The monoisotopic (exact) mass is 832 g/mol. The van der Waals surface area contributed by atoms with E-state index in [2.05, 4.69) is 10.6 Å². The number of carbonyl (C=O) groups is 6. The van der Waals surface area contributed by atoms with Crippen molar-refractivity contribution < 1.29 is 75.1 Å². The smallest absolute Gasteiger partial charge is 0.453 e. The van der Waals surface area contributed by atoms with Crippen LogP contribution in [-0.4, -0.2) is 78.1 Å². The maximum Gasteiger partial charge on any atom is 0.453 e. The van der Waals surface area contributed by atoms with Crippen LogP contribution >= 0.6 is 0 Å². The molecule has 0 saturated heterocycles. The summed E-state index contributed by atoms with van der Waals surface area (Å²) >= 11 is 0. The van der Waals surface area contributed by atoms with E-state index in [9.17, 15) is 60.9 Å². The molecule has 4 N–H and O–H groups in total. The first-order valence-electron chi connectivity index (χ1n) is 18.2. The average molecular weight is 833 g/mol. The summed E-state index contributed by atoms with van der Waals surface area (Å²) in [5, 5.41) is 24.8. The third-order valence-electron chi connectivity index (χ3n) is 9.59. The van der Waals surface area contributed by atoms with Crippen LogP contribution in [0.1, 0.15) is 54.1 Å². The molecule has 1 amide bonds. The molecule has 1 saturated carbocycles. The molecule has 1 fully saturated rings. The Kier molecular flexibility index (Phi) is 15.3. The van der Waals surface area contributed by atoms with Crippen molar-refractivity contribution in [2.75, 3.05) is 30.9 Å². The summed E-state index contributed by atoms with van der Waals surface area (Å²) in [4.78, 5) is 73.9. The van der Waals surface area contributed by atoms with Gasteiger partial charge in [-0.15, -0.1) is 0 Å². The number of hydrogen-bond acceptors (Lipinski definition) is 10. The summed E-state index contributed by atoms with van der Waals surface area (Å²) in [6, 6.07) is 16.4. The Morgan fingerprint density at radius 1 is 0.864 bits per heavy atom. The molecule has 0 aliphatic heterocycles. The Hall–Kier alpha value is -6.33. The van der Waals surface area contributed by atoms with Gasteiger partial charge < -0.3 is 35.1 Å². The number of rotatable bonds is 19. The van der Waals surface area contributed by atoms with E-state index in [0.29, 0.717) is 16.9 Å². The zero-order chi connectivity index (χ0) is 43.5. The molecule has 0 bridgehead atoms. The fraction of sp³-hybridized carbons (Fsp3) is 0.366. The van der Waals surface area contributed by atoms with Gasteiger partial charge in [0.25, 0.3) is 0 Å². The van der Waals surface area contributed by atoms with Crippen LogP contribution in [0.2, 0.25) is 0 Å². The lowest BCUT2D eigenvalue weighted by Crippen LogP contribution is -2.36. The van der Waals surface area contributed by atoms with E-state index in [1.54, 1.807) is 37.4 Å². The summed E-state index contributed by atoms with van der Waals surface area (Å²) in [6.07, 6.45) is -5.13. The van der Waals surface area contributed by atoms with Crippen LogP contribution in [0.4, 0.5) is 33.3 Å². The number of amides is 1. The number of alkyl halides is 5. The molecule has 3 aromatic carbocycles. The molecule has 13 nitrogen and oxygen atoms in total. The predicted molar refractivity (Wildman–Crippen MR) is 201 cm³/mol. The number of carboxylic acids is 2. The molecular weight excluding hydrogens is 791 g/mol. The number of Topliss-reactive ketones (excluding diaryl/α,β-unsaturated/α-hetero) is 1. The molecule has 18 heteroatoms. The SMILES string of the molecule is CNc1cc(NC(=O)C2CC(CC(=O)O)C(C(C)=O)C2C(=O)O)ccc1CCOC(=O)/C=C/c1ccc(OC(=O)c2ccc(OCCCC(F)(F)C(F)(F)F)cc2)cc1. The van der Waals surface area contributed by atoms with Gasteiger partial charge in [-0.1, -0.05) is 18.2 Å². The number of ketones is 1. The normalized spacial score (nSPS) is 17.9. The van der Waals surface area contributed by atoms with Crippen LogP contribution in [-0.2, 0) is 35.1 Å². The van der Waals surface area contributed by atoms with E-state index >= 15 is 0 Å². The molecule has 0 aromatic heterocycles. The van der Waals surface area contributed by atoms with Crippen LogP contribution in [0.5, 0.6) is 11.5 Å². The molecule has 1 aliphatic rings. The maximum absolute atomic E-state index is 13.2. The highest BCUT2D eigenvalue weighted by molar-refractivity contribution is 5.98. The fourth-order valence-electron chi connectivity index (χ4n) is 6.72. The number of aliphatic carboxylic acids is 2. The Balaban J connectivity index is 1.23. The first-order chi connectivity index (χ1) is 27.8. The van der Waals surface area contributed by atoms with E-state index in [1.165, 1.54) is 55.5 Å². The predicted octanol–water partition coefficient (Wildman–Crippen LogP) is 7.06. The van der Waals surface area contributed by atoms with E-state index in [4.69, 9.17) is 14.2 Å². The van der Waals surface area contributed by atoms with Gasteiger partial charge >= 0.3 is 36.0 Å². The Morgan fingerprint density at radius 3 is 2.12 bits per heavy atom. The van der Waals surface area contributed by atoms with Gasteiger partial charge in [-0.2, -0.15) is 22.0 Å². The van der Waals surface area contributed by atoms with Crippen molar-refractivity contribution >= 4 is 53.0 Å². The third-order valence-corrected chi connectivity index (χ3v) is 9.59. The summed E-state index contributed by atoms with van der Waals surface area (Å²) in [5.74, 6) is -13.9. The number of anilines is 2. The van der Waals surface area contributed by atoms with Crippen LogP contribution in [0.15, 0.2) is 72.8 Å². The Bertz CT molecular complexity index is 2040. The number of halogens is 5. The summed E-state index contributed by atoms with van der Waals surface area (Å²) in [6.45, 7) is 0.795. The molecule has 59 heavy (non-hydrogen) atoms. The summed E-state index contributed by atoms with van der Waals surface area (Å²) < 4.78 is 78.7. The van der Waals surface area contributed by atoms with Gasteiger partial charge in [0.1, 0.15) is 17.3 Å². The zero-order valence-electron chi connectivity index (χ0n) is 31.7.